The number of aryl methyl sites for hydroxylation is 1. The Bertz CT molecular complexity index is 1350. The van der Waals surface area contributed by atoms with Gasteiger partial charge in [0.2, 0.25) is 0 Å². The Labute approximate surface area is 215 Å². The Morgan fingerprint density at radius 1 is 1.00 bits per heavy atom. The predicted octanol–water partition coefficient (Wildman–Crippen LogP) is 4.18. The summed E-state index contributed by atoms with van der Waals surface area (Å²) in [7, 11) is 0. The molecule has 2 aliphatic heterocycles. The van der Waals surface area contributed by atoms with Crippen LogP contribution in [0.3, 0.4) is 0 Å². The molecule has 7 nitrogen and oxygen atoms in total. The van der Waals surface area contributed by atoms with Crippen LogP contribution >= 0.6 is 0 Å². The van der Waals surface area contributed by atoms with Gasteiger partial charge >= 0.3 is 5.97 Å². The summed E-state index contributed by atoms with van der Waals surface area (Å²) < 4.78 is 13.9. The zero-order valence-electron chi connectivity index (χ0n) is 20.4. The molecule has 3 aromatic rings. The molecule has 8 heteroatoms. The van der Waals surface area contributed by atoms with Crippen LogP contribution in [0, 0.1) is 5.82 Å². The van der Waals surface area contributed by atoms with E-state index < -0.39 is 11.8 Å². The minimum atomic E-state index is -0.867. The smallest absolute Gasteiger partial charge is 0.303 e. The van der Waals surface area contributed by atoms with Gasteiger partial charge in [0.1, 0.15) is 5.82 Å². The molecule has 2 heterocycles. The van der Waals surface area contributed by atoms with Gasteiger partial charge in [0, 0.05) is 50.4 Å². The molecule has 1 amide bonds. The van der Waals surface area contributed by atoms with Gasteiger partial charge in [-0.3, -0.25) is 14.5 Å². The lowest BCUT2D eigenvalue weighted by Crippen LogP contribution is -2.42. The number of carboxylic acid groups (broad SMARTS) is 1. The second kappa shape index (κ2) is 10.9. The van der Waals surface area contributed by atoms with Crippen molar-refractivity contribution in [2.24, 2.45) is 0 Å². The number of aliphatic carboxylic acids is 1. The molecule has 4 N–H and O–H groups in total. The van der Waals surface area contributed by atoms with Crippen molar-refractivity contribution in [3.8, 4) is 0 Å². The van der Waals surface area contributed by atoms with Crippen LogP contribution in [0.1, 0.15) is 28.7 Å². The third-order valence-corrected chi connectivity index (χ3v) is 6.66. The number of hydrogen-bond acceptors (Lipinski definition) is 5. The maximum atomic E-state index is 13.9. The number of amides is 1. The number of benzene rings is 3. The summed E-state index contributed by atoms with van der Waals surface area (Å²) in [6, 6.07) is 19.9. The van der Waals surface area contributed by atoms with Crippen LogP contribution in [0.5, 0.6) is 0 Å². The zero-order valence-corrected chi connectivity index (χ0v) is 20.4. The molecular formula is C29H29FN4O3. The fourth-order valence-electron chi connectivity index (χ4n) is 4.77. The van der Waals surface area contributed by atoms with Gasteiger partial charge in [0.15, 0.2) is 0 Å². The Hall–Kier alpha value is -4.01. The fraction of sp³-hybridized carbons (Fsp3) is 0.241. The van der Waals surface area contributed by atoms with Crippen molar-refractivity contribution in [2.75, 3.05) is 36.8 Å². The lowest BCUT2D eigenvalue weighted by Gasteiger charge is -2.27. The molecule has 0 atom stereocenters. The first-order valence-corrected chi connectivity index (χ1v) is 12.4. The molecule has 0 aliphatic carbocycles. The summed E-state index contributed by atoms with van der Waals surface area (Å²) >= 11 is 0. The molecule has 5 rings (SSSR count). The second-order valence-corrected chi connectivity index (χ2v) is 9.34. The lowest BCUT2D eigenvalue weighted by atomic mass is 9.97. The van der Waals surface area contributed by atoms with Crippen molar-refractivity contribution >= 4 is 34.5 Å². The van der Waals surface area contributed by atoms with Crippen LogP contribution in [-0.4, -0.2) is 48.1 Å². The summed E-state index contributed by atoms with van der Waals surface area (Å²) in [4.78, 5) is 26.6. The van der Waals surface area contributed by atoms with Crippen LogP contribution in [0.15, 0.2) is 66.7 Å². The number of fused-ring (bicyclic) bond motifs is 1. The normalized spacial score (nSPS) is 16.7. The van der Waals surface area contributed by atoms with Gasteiger partial charge in [-0.15, -0.1) is 0 Å². The van der Waals surface area contributed by atoms with Crippen LogP contribution < -0.4 is 16.0 Å². The van der Waals surface area contributed by atoms with E-state index >= 15 is 0 Å². The van der Waals surface area contributed by atoms with Crippen molar-refractivity contribution in [1.29, 1.82) is 0 Å². The Morgan fingerprint density at radius 2 is 1.78 bits per heavy atom. The van der Waals surface area contributed by atoms with E-state index in [-0.39, 0.29) is 12.3 Å². The molecule has 1 saturated heterocycles. The highest BCUT2D eigenvalue weighted by molar-refractivity contribution is 6.37. The number of carbonyl (C=O) groups is 2. The third-order valence-electron chi connectivity index (χ3n) is 6.66. The van der Waals surface area contributed by atoms with Crippen LogP contribution in [0.25, 0.3) is 11.3 Å². The van der Waals surface area contributed by atoms with Gasteiger partial charge in [-0.2, -0.15) is 0 Å². The summed E-state index contributed by atoms with van der Waals surface area (Å²) in [5.74, 6) is -1.62. The van der Waals surface area contributed by atoms with Crippen molar-refractivity contribution in [3.05, 3.63) is 94.8 Å². The number of halogens is 1. The molecule has 0 radical (unpaired) electrons. The first kappa shape index (κ1) is 24.7. The topological polar surface area (TPSA) is 93.7 Å². The quantitative estimate of drug-likeness (QED) is 0.347. The molecule has 0 aromatic heterocycles. The van der Waals surface area contributed by atoms with Crippen LogP contribution in [0.4, 0.5) is 15.8 Å². The van der Waals surface area contributed by atoms with Gasteiger partial charge in [0.05, 0.1) is 17.0 Å². The molecule has 1 fully saturated rings. The average Bonchev–Trinajstić information content (AvgIpc) is 3.22. The first-order valence-electron chi connectivity index (χ1n) is 12.4. The first-order chi connectivity index (χ1) is 18.0. The van der Waals surface area contributed by atoms with Gasteiger partial charge < -0.3 is 21.1 Å². The van der Waals surface area contributed by atoms with E-state index in [2.05, 4.69) is 33.0 Å². The van der Waals surface area contributed by atoms with Gasteiger partial charge in [-0.25, -0.2) is 4.39 Å². The summed E-state index contributed by atoms with van der Waals surface area (Å²) in [5.41, 5.74) is 5.64. The number of piperazine rings is 1. The maximum absolute atomic E-state index is 13.9. The average molecular weight is 501 g/mol. The number of anilines is 2. The maximum Gasteiger partial charge on any atom is 0.303 e. The van der Waals surface area contributed by atoms with E-state index in [1.54, 1.807) is 6.07 Å². The van der Waals surface area contributed by atoms with Crippen molar-refractivity contribution in [3.63, 3.8) is 0 Å². The molecule has 190 valence electrons. The predicted molar refractivity (Wildman–Crippen MR) is 142 cm³/mol. The highest BCUT2D eigenvalue weighted by Crippen LogP contribution is 2.38. The fourth-order valence-corrected chi connectivity index (χ4v) is 4.77. The molecule has 0 spiro atoms. The molecule has 0 bridgehead atoms. The van der Waals surface area contributed by atoms with Crippen molar-refractivity contribution in [2.45, 2.75) is 19.4 Å². The Morgan fingerprint density at radius 3 is 2.54 bits per heavy atom. The Balaban J connectivity index is 1.49. The number of carbonyl (C=O) groups excluding carboxylic acids is 1. The van der Waals surface area contributed by atoms with E-state index in [0.29, 0.717) is 28.9 Å². The Kier molecular flexibility index (Phi) is 7.30. The van der Waals surface area contributed by atoms with E-state index in [1.165, 1.54) is 17.7 Å². The largest absolute Gasteiger partial charge is 0.481 e. The van der Waals surface area contributed by atoms with E-state index in [4.69, 9.17) is 5.11 Å². The monoisotopic (exact) mass is 500 g/mol. The van der Waals surface area contributed by atoms with E-state index in [1.807, 2.05) is 36.4 Å². The molecule has 3 aromatic carbocycles. The summed E-state index contributed by atoms with van der Waals surface area (Å²) in [5, 5.41) is 18.7. The summed E-state index contributed by atoms with van der Waals surface area (Å²) in [6.07, 6.45) is 0.389. The third kappa shape index (κ3) is 5.87. The number of nitrogens with zero attached hydrogens (tertiary/aromatic N) is 1. The van der Waals surface area contributed by atoms with Gasteiger partial charge in [0.25, 0.3) is 5.91 Å². The van der Waals surface area contributed by atoms with E-state index in [9.17, 15) is 14.0 Å². The van der Waals surface area contributed by atoms with Gasteiger partial charge in [-0.05, 0) is 59.5 Å². The summed E-state index contributed by atoms with van der Waals surface area (Å²) in [6.45, 7) is 4.90. The highest BCUT2D eigenvalue weighted by Gasteiger charge is 2.29. The van der Waals surface area contributed by atoms with Crippen LogP contribution in [0.2, 0.25) is 0 Å². The number of hydrogen-bond donors (Lipinski definition) is 4. The molecule has 37 heavy (non-hydrogen) atoms. The SMILES string of the molecule is O=C(O)CCc1cccc(C(Nc2ccc(CN3CCNCC3)cc2)=C2C(=O)Nc3cc(F)ccc32)c1. The number of rotatable bonds is 8. The molecule has 0 unspecified atom stereocenters. The van der Waals surface area contributed by atoms with E-state index in [0.717, 1.165) is 49.5 Å². The number of nitrogens with one attached hydrogen (secondary N) is 3. The molecule has 2 aliphatic rings. The lowest BCUT2D eigenvalue weighted by molar-refractivity contribution is -0.137. The second-order valence-electron chi connectivity index (χ2n) is 9.34. The standard InChI is InChI=1S/C29H29FN4O3/c30-22-7-10-24-25(17-22)33-29(37)27(24)28(21-3-1-2-19(16-21)6-11-26(35)36)32-23-8-4-20(5-9-23)18-34-14-12-31-13-15-34/h1-5,7-10,16-17,31-32H,6,11-15,18H2,(H,33,37)(H,35,36). The minimum absolute atomic E-state index is 0.0138. The van der Waals surface area contributed by atoms with Crippen LogP contribution in [-0.2, 0) is 22.6 Å². The minimum Gasteiger partial charge on any atom is -0.481 e. The van der Waals surface area contributed by atoms with Gasteiger partial charge in [-0.1, -0.05) is 30.3 Å². The number of carboxylic acids is 1. The molecular weight excluding hydrogens is 471 g/mol. The zero-order chi connectivity index (χ0) is 25.8. The highest BCUT2D eigenvalue weighted by atomic mass is 19.1. The molecule has 0 saturated carbocycles. The van der Waals surface area contributed by atoms with Crippen molar-refractivity contribution < 1.29 is 19.1 Å². The van der Waals surface area contributed by atoms with Crippen molar-refractivity contribution in [1.82, 2.24) is 10.2 Å².